The molecule has 0 aromatic rings. The van der Waals surface area contributed by atoms with Crippen molar-refractivity contribution in [2.24, 2.45) is 11.7 Å². The molecule has 2 atom stereocenters. The standard InChI is InChI=1S/C12H24N2OS/c1-9(2)11(13)7-12(15)14-8-10-5-3-4-6-16-10/h9-11H,3-8,13H2,1-2H3,(H,14,15). The Labute approximate surface area is 103 Å². The molecule has 3 nitrogen and oxygen atoms in total. The molecule has 1 rings (SSSR count). The third kappa shape index (κ3) is 5.21. The van der Waals surface area contributed by atoms with Gasteiger partial charge in [0.05, 0.1) is 0 Å². The third-order valence-electron chi connectivity index (χ3n) is 3.08. The van der Waals surface area contributed by atoms with Crippen molar-refractivity contribution in [1.29, 1.82) is 0 Å². The quantitative estimate of drug-likeness (QED) is 0.775. The summed E-state index contributed by atoms with van der Waals surface area (Å²) in [5.41, 5.74) is 5.86. The number of hydrogen-bond acceptors (Lipinski definition) is 3. The lowest BCUT2D eigenvalue weighted by molar-refractivity contribution is -0.121. The van der Waals surface area contributed by atoms with Gasteiger partial charge in [0.2, 0.25) is 5.91 Å². The molecule has 16 heavy (non-hydrogen) atoms. The number of hydrogen-bond donors (Lipinski definition) is 2. The monoisotopic (exact) mass is 244 g/mol. The lowest BCUT2D eigenvalue weighted by Gasteiger charge is -2.22. The Morgan fingerprint density at radius 3 is 2.81 bits per heavy atom. The number of nitrogens with one attached hydrogen (secondary N) is 1. The van der Waals surface area contributed by atoms with Crippen molar-refractivity contribution in [3.05, 3.63) is 0 Å². The average Bonchev–Trinajstić information content (AvgIpc) is 2.27. The zero-order valence-corrected chi connectivity index (χ0v) is 11.2. The first-order chi connectivity index (χ1) is 7.59. The van der Waals surface area contributed by atoms with Gasteiger partial charge in [-0.3, -0.25) is 4.79 Å². The normalized spacial score (nSPS) is 23.1. The molecule has 0 aliphatic carbocycles. The molecule has 0 aromatic carbocycles. The van der Waals surface area contributed by atoms with Crippen LogP contribution in [0.2, 0.25) is 0 Å². The minimum Gasteiger partial charge on any atom is -0.355 e. The molecule has 0 bridgehead atoms. The van der Waals surface area contributed by atoms with Crippen LogP contribution in [0, 0.1) is 5.92 Å². The van der Waals surface area contributed by atoms with E-state index >= 15 is 0 Å². The molecule has 1 aliphatic heterocycles. The predicted octanol–water partition coefficient (Wildman–Crippen LogP) is 1.76. The number of rotatable bonds is 5. The van der Waals surface area contributed by atoms with Crippen LogP contribution >= 0.6 is 11.8 Å². The van der Waals surface area contributed by atoms with Crippen molar-refractivity contribution in [2.45, 2.75) is 50.8 Å². The molecule has 3 N–H and O–H groups in total. The van der Waals surface area contributed by atoms with E-state index in [4.69, 9.17) is 5.73 Å². The van der Waals surface area contributed by atoms with Crippen LogP contribution in [0.3, 0.4) is 0 Å². The second-order valence-corrected chi connectivity index (χ2v) is 6.31. The van der Waals surface area contributed by atoms with Crippen LogP contribution in [0.15, 0.2) is 0 Å². The van der Waals surface area contributed by atoms with Gasteiger partial charge < -0.3 is 11.1 Å². The van der Waals surface area contributed by atoms with Crippen molar-refractivity contribution in [2.75, 3.05) is 12.3 Å². The van der Waals surface area contributed by atoms with Crippen molar-refractivity contribution in [3.8, 4) is 0 Å². The SMILES string of the molecule is CC(C)C(N)CC(=O)NCC1CCCCS1. The Bertz CT molecular complexity index is 215. The summed E-state index contributed by atoms with van der Waals surface area (Å²) in [5.74, 6) is 1.72. The van der Waals surface area contributed by atoms with E-state index in [2.05, 4.69) is 19.2 Å². The van der Waals surface area contributed by atoms with Crippen LogP contribution in [0.5, 0.6) is 0 Å². The summed E-state index contributed by atoms with van der Waals surface area (Å²) in [6.07, 6.45) is 4.32. The molecule has 1 fully saturated rings. The molecule has 0 saturated carbocycles. The molecule has 1 heterocycles. The summed E-state index contributed by atoms with van der Waals surface area (Å²) >= 11 is 1.98. The van der Waals surface area contributed by atoms with Gasteiger partial charge in [0.1, 0.15) is 0 Å². The Morgan fingerprint density at radius 1 is 1.50 bits per heavy atom. The van der Waals surface area contributed by atoms with E-state index in [1.165, 1.54) is 25.0 Å². The van der Waals surface area contributed by atoms with Gasteiger partial charge in [0, 0.05) is 24.3 Å². The predicted molar refractivity (Wildman–Crippen MR) is 70.5 cm³/mol. The Hall–Kier alpha value is -0.220. The molecule has 94 valence electrons. The number of carbonyl (C=O) groups excluding carboxylic acids is 1. The molecule has 1 aliphatic rings. The van der Waals surface area contributed by atoms with Crippen LogP contribution < -0.4 is 11.1 Å². The van der Waals surface area contributed by atoms with Gasteiger partial charge in [0.15, 0.2) is 0 Å². The summed E-state index contributed by atoms with van der Waals surface area (Å²) in [6.45, 7) is 4.91. The molecule has 1 saturated heterocycles. The minimum absolute atomic E-state index is 0.0148. The van der Waals surface area contributed by atoms with Gasteiger partial charge in [-0.15, -0.1) is 0 Å². The molecule has 0 aromatic heterocycles. The fraction of sp³-hybridized carbons (Fsp3) is 0.917. The Balaban J connectivity index is 2.14. The average molecular weight is 244 g/mol. The van der Waals surface area contributed by atoms with E-state index in [9.17, 15) is 4.79 Å². The van der Waals surface area contributed by atoms with Gasteiger partial charge >= 0.3 is 0 Å². The largest absolute Gasteiger partial charge is 0.355 e. The van der Waals surface area contributed by atoms with E-state index in [0.717, 1.165) is 6.54 Å². The van der Waals surface area contributed by atoms with Crippen LogP contribution in [-0.2, 0) is 4.79 Å². The van der Waals surface area contributed by atoms with E-state index < -0.39 is 0 Å². The smallest absolute Gasteiger partial charge is 0.221 e. The summed E-state index contributed by atoms with van der Waals surface area (Å²) in [5, 5.41) is 3.62. The first kappa shape index (κ1) is 13.8. The third-order valence-corrected chi connectivity index (χ3v) is 4.48. The molecule has 4 heteroatoms. The Morgan fingerprint density at radius 2 is 2.25 bits per heavy atom. The zero-order valence-electron chi connectivity index (χ0n) is 10.4. The zero-order chi connectivity index (χ0) is 12.0. The maximum Gasteiger partial charge on any atom is 0.221 e. The lowest BCUT2D eigenvalue weighted by atomic mass is 10.0. The molecule has 1 amide bonds. The summed E-state index contributed by atoms with van der Waals surface area (Å²) < 4.78 is 0. The van der Waals surface area contributed by atoms with Crippen LogP contribution in [0.4, 0.5) is 0 Å². The van der Waals surface area contributed by atoms with E-state index in [-0.39, 0.29) is 11.9 Å². The van der Waals surface area contributed by atoms with Crippen LogP contribution in [0.25, 0.3) is 0 Å². The maximum atomic E-state index is 11.6. The molecular weight excluding hydrogens is 220 g/mol. The molecule has 0 spiro atoms. The Kier molecular flexibility index (Phi) is 6.21. The van der Waals surface area contributed by atoms with E-state index in [0.29, 0.717) is 17.6 Å². The topological polar surface area (TPSA) is 55.1 Å². The van der Waals surface area contributed by atoms with Gasteiger partial charge in [-0.05, 0) is 24.5 Å². The highest BCUT2D eigenvalue weighted by atomic mass is 32.2. The number of carbonyl (C=O) groups is 1. The molecular formula is C12H24N2OS. The van der Waals surface area contributed by atoms with E-state index in [1.807, 2.05) is 11.8 Å². The fourth-order valence-electron chi connectivity index (χ4n) is 1.72. The number of thioether (sulfide) groups is 1. The van der Waals surface area contributed by atoms with Crippen molar-refractivity contribution in [1.82, 2.24) is 5.32 Å². The highest BCUT2D eigenvalue weighted by Gasteiger charge is 2.16. The second kappa shape index (κ2) is 7.17. The van der Waals surface area contributed by atoms with Gasteiger partial charge in [0.25, 0.3) is 0 Å². The highest BCUT2D eigenvalue weighted by molar-refractivity contribution is 7.99. The second-order valence-electron chi connectivity index (χ2n) is 4.90. The minimum atomic E-state index is -0.0148. The van der Waals surface area contributed by atoms with Gasteiger partial charge in [-0.1, -0.05) is 20.3 Å². The first-order valence-corrected chi connectivity index (χ1v) is 7.28. The van der Waals surface area contributed by atoms with Crippen LogP contribution in [0.1, 0.15) is 39.5 Å². The lowest BCUT2D eigenvalue weighted by Crippen LogP contribution is -2.37. The summed E-state index contributed by atoms with van der Waals surface area (Å²) in [6, 6.07) is -0.0148. The molecule has 2 unspecified atom stereocenters. The van der Waals surface area contributed by atoms with Crippen molar-refractivity contribution in [3.63, 3.8) is 0 Å². The van der Waals surface area contributed by atoms with Gasteiger partial charge in [-0.25, -0.2) is 0 Å². The summed E-state index contributed by atoms with van der Waals surface area (Å²) in [4.78, 5) is 11.6. The number of amides is 1. The fourth-order valence-corrected chi connectivity index (χ4v) is 2.96. The maximum absolute atomic E-state index is 11.6. The highest BCUT2D eigenvalue weighted by Crippen LogP contribution is 2.24. The molecule has 0 radical (unpaired) electrons. The first-order valence-electron chi connectivity index (χ1n) is 6.23. The number of nitrogens with two attached hydrogens (primary N) is 1. The van der Waals surface area contributed by atoms with E-state index in [1.54, 1.807) is 0 Å². The van der Waals surface area contributed by atoms with Crippen molar-refractivity contribution >= 4 is 17.7 Å². The summed E-state index contributed by atoms with van der Waals surface area (Å²) in [7, 11) is 0. The van der Waals surface area contributed by atoms with Crippen molar-refractivity contribution < 1.29 is 4.79 Å². The van der Waals surface area contributed by atoms with Crippen LogP contribution in [-0.4, -0.2) is 29.5 Å². The van der Waals surface area contributed by atoms with Gasteiger partial charge in [-0.2, -0.15) is 11.8 Å².